The van der Waals surface area contributed by atoms with Gasteiger partial charge in [-0.1, -0.05) is 0 Å². The Labute approximate surface area is 281 Å². The van der Waals surface area contributed by atoms with Gasteiger partial charge in [0.1, 0.15) is 0 Å². The molecule has 11 heavy (non-hydrogen) atoms. The Kier molecular flexibility index (Phi) is 622. The summed E-state index contributed by atoms with van der Waals surface area (Å²) >= 11 is 0. The minimum absolute atomic E-state index is 0. The van der Waals surface area contributed by atoms with Crippen LogP contribution < -0.4 is 266 Å². The first-order chi connectivity index (χ1) is 0. The summed E-state index contributed by atoms with van der Waals surface area (Å²) in [5, 5.41) is 0. The van der Waals surface area contributed by atoms with E-state index in [0.717, 1.165) is 0 Å². The average molecular weight is 252 g/mol. The largest absolute Gasteiger partial charge is 1.00 e. The van der Waals surface area contributed by atoms with Gasteiger partial charge >= 0.3 is 266 Å². The topological polar surface area (TPSA) is 63.0 Å². The predicted molar refractivity (Wildman–Crippen MR) is 17.2 cm³/mol. The minimum Gasteiger partial charge on any atom is -1.00 e. The van der Waals surface area contributed by atoms with E-state index in [1.54, 1.807) is 0 Å². The number of hydrogen-bond acceptors (Lipinski definition) is 0. The summed E-state index contributed by atoms with van der Waals surface area (Å²) in [5.74, 6) is 0. The molecule has 0 aliphatic heterocycles. The van der Waals surface area contributed by atoms with Gasteiger partial charge in [-0.25, -0.2) is 0 Å². The van der Waals surface area contributed by atoms with E-state index >= 15 is 0 Å². The van der Waals surface area contributed by atoms with Gasteiger partial charge in [0.15, 0.2) is 0 Å². The molecule has 0 aliphatic carbocycles. The molecule has 2 nitrogen and oxygen atoms in total. The third-order valence-electron chi connectivity index (χ3n) is 0. The van der Waals surface area contributed by atoms with Gasteiger partial charge in [-0.2, -0.15) is 0 Å². The average Bonchev–Trinajstić information content (AvgIpc) is 0. The molecule has 0 aliphatic rings. The number of rotatable bonds is 0. The molecule has 0 unspecified atom stereocenters. The summed E-state index contributed by atoms with van der Waals surface area (Å²) in [6.07, 6.45) is 0. The second kappa shape index (κ2) is 76.4. The van der Waals surface area contributed by atoms with Gasteiger partial charge in [-0.3, -0.25) is 0 Å². The summed E-state index contributed by atoms with van der Waals surface area (Å²) in [6.45, 7) is 0. The third-order valence-corrected chi connectivity index (χ3v) is 0. The Hall–Kier alpha value is 8.92. The van der Waals surface area contributed by atoms with E-state index in [0.29, 0.717) is 0 Å². The molecule has 0 saturated carbocycles. The Morgan fingerprint density at radius 1 is 0.273 bits per heavy atom. The van der Waals surface area contributed by atoms with Crippen molar-refractivity contribution in [3.8, 4) is 0 Å². The molecule has 0 aromatic carbocycles. The molecule has 0 fully saturated rings. The molecule has 0 atom stereocenters. The van der Waals surface area contributed by atoms with Crippen LogP contribution in [0.1, 0.15) is 12.8 Å². The monoisotopic (exact) mass is 252 g/mol. The van der Waals surface area contributed by atoms with Crippen molar-refractivity contribution in [2.24, 2.45) is 0 Å². The van der Waals surface area contributed by atoms with Gasteiger partial charge in [0.2, 0.25) is 0 Å². The normalized spacial score (nSPS) is 0. The van der Waals surface area contributed by atoms with Crippen LogP contribution in [0.3, 0.4) is 0 Å². The molecule has 0 bridgehead atoms. The maximum atomic E-state index is 0. The van der Waals surface area contributed by atoms with Crippen molar-refractivity contribution in [3.05, 3.63) is 0 Å². The second-order valence-corrected chi connectivity index (χ2v) is 0. The van der Waals surface area contributed by atoms with Gasteiger partial charge in [0, 0.05) is 0 Å². The summed E-state index contributed by atoms with van der Waals surface area (Å²) in [5.41, 5.74) is 0. The zero-order valence-electron chi connectivity index (χ0n) is 19.0. The van der Waals surface area contributed by atoms with E-state index in [4.69, 9.17) is 0 Å². The number of hydrogen-bond donors (Lipinski definition) is 0. The van der Waals surface area contributed by atoms with E-state index < -0.39 is 0 Å². The fourth-order valence-corrected chi connectivity index (χ4v) is 0. The summed E-state index contributed by atoms with van der Waals surface area (Å²) < 4.78 is 0. The molecule has 0 rings (SSSR count). The first kappa shape index (κ1) is 89.6. The van der Waals surface area contributed by atoms with Gasteiger partial charge in [0.05, 0.1) is 0 Å². The molecule has 0 heterocycles. The van der Waals surface area contributed by atoms with Crippen LogP contribution >= 0.6 is 0 Å². The van der Waals surface area contributed by atoms with E-state index in [1.807, 2.05) is 0 Å². The predicted octanol–water partition coefficient (Wildman–Crippen LogP) is -27.6. The molecule has 0 amide bonds. The zero-order valence-corrected chi connectivity index (χ0v) is 28.0. The Bertz CT molecular complexity index is 27.4. The Morgan fingerprint density at radius 2 is 0.273 bits per heavy atom. The van der Waals surface area contributed by atoms with E-state index in [1.165, 1.54) is 0 Å². The van der Waals surface area contributed by atoms with E-state index in [9.17, 15) is 0 Å². The fraction of sp³-hybridized carbons (Fsp3) is 0. The second-order valence-electron chi connectivity index (χ2n) is 0. The van der Waals surface area contributed by atoms with Crippen LogP contribution in [0, 0.1) is 0 Å². The van der Waals surface area contributed by atoms with Crippen molar-refractivity contribution < 1.29 is 290 Å². The summed E-state index contributed by atoms with van der Waals surface area (Å²) in [4.78, 5) is 0. The fourth-order valence-electron chi connectivity index (χ4n) is 0. The quantitative estimate of drug-likeness (QED) is 0.384. The summed E-state index contributed by atoms with van der Waals surface area (Å²) in [6, 6.07) is 0. The minimum atomic E-state index is 0. The van der Waals surface area contributed by atoms with E-state index in [2.05, 4.69) is 0 Å². The molecule has 11 heteroatoms. The molecular formula is H13Na9O2. The molecule has 0 saturated heterocycles. The first-order valence-corrected chi connectivity index (χ1v) is 0. The van der Waals surface area contributed by atoms with Gasteiger partial charge in [0.25, 0.3) is 0 Å². The first-order valence-electron chi connectivity index (χ1n) is 0. The van der Waals surface area contributed by atoms with Crippen LogP contribution in [0.4, 0.5) is 0 Å². The van der Waals surface area contributed by atoms with Crippen molar-refractivity contribution >= 4 is 0 Å². The van der Waals surface area contributed by atoms with Crippen LogP contribution in [0.2, 0.25) is 0 Å². The van der Waals surface area contributed by atoms with Crippen molar-refractivity contribution in [3.63, 3.8) is 0 Å². The van der Waals surface area contributed by atoms with Gasteiger partial charge in [-0.15, -0.1) is 0 Å². The van der Waals surface area contributed by atoms with Crippen LogP contribution in [0.5, 0.6) is 0 Å². The van der Waals surface area contributed by atoms with Gasteiger partial charge in [-0.05, 0) is 0 Å². The molecular weight excluding hydrogens is 239 g/mol. The standard InChI is InChI=1S/9Na.2H2O.9H/h;;;;;;;;;2*1H2;;;;;;;;;/q9*+1;;;9*-1. The van der Waals surface area contributed by atoms with Crippen LogP contribution in [-0.4, -0.2) is 11.0 Å². The SMILES string of the molecule is O.O.[H-].[H-].[H-].[H-].[H-].[H-].[H-].[H-].[H-].[Na+].[Na+].[Na+].[Na+].[Na+].[Na+].[Na+].[Na+].[Na+]. The maximum Gasteiger partial charge on any atom is 1.00 e. The molecule has 0 spiro atoms. The Balaban J connectivity index is 0. The van der Waals surface area contributed by atoms with Crippen molar-refractivity contribution in [1.29, 1.82) is 0 Å². The molecule has 4 N–H and O–H groups in total. The van der Waals surface area contributed by atoms with Crippen LogP contribution in [0.15, 0.2) is 0 Å². The van der Waals surface area contributed by atoms with E-state index in [-0.39, 0.29) is 290 Å². The zero-order chi connectivity index (χ0) is 0. The van der Waals surface area contributed by atoms with Crippen molar-refractivity contribution in [1.82, 2.24) is 0 Å². The molecule has 0 aromatic heterocycles. The van der Waals surface area contributed by atoms with Crippen molar-refractivity contribution in [2.45, 2.75) is 0 Å². The molecule has 34 valence electrons. The maximum absolute atomic E-state index is 0. The summed E-state index contributed by atoms with van der Waals surface area (Å²) in [7, 11) is 0. The van der Waals surface area contributed by atoms with Crippen molar-refractivity contribution in [2.75, 3.05) is 0 Å². The van der Waals surface area contributed by atoms with Gasteiger partial charge < -0.3 is 23.8 Å². The Morgan fingerprint density at radius 3 is 0.273 bits per heavy atom. The third kappa shape index (κ3) is 68.1. The molecule has 0 aromatic rings. The van der Waals surface area contributed by atoms with Crippen LogP contribution in [-0.2, 0) is 0 Å². The smallest absolute Gasteiger partial charge is 1.00 e. The molecule has 0 radical (unpaired) electrons. The van der Waals surface area contributed by atoms with Crippen LogP contribution in [0.25, 0.3) is 0 Å².